The van der Waals surface area contributed by atoms with Crippen molar-refractivity contribution in [1.82, 2.24) is 14.7 Å². The van der Waals surface area contributed by atoms with E-state index in [1.54, 1.807) is 0 Å². The van der Waals surface area contributed by atoms with Crippen molar-refractivity contribution in [2.24, 2.45) is 0 Å². The first-order chi connectivity index (χ1) is 8.78. The number of morpholine rings is 1. The zero-order valence-corrected chi connectivity index (χ0v) is 12.1. The summed E-state index contributed by atoms with van der Waals surface area (Å²) < 4.78 is 5.92. The Balaban J connectivity index is 1.68. The molecule has 1 atom stereocenters. The standard InChI is InChI=1S/C14H29N3O/c1-3-4-5-16-10-11-18-14(12-16)13-17-8-6-15(2)7-9-17/h14H,3-13H2,1-2H3. The molecule has 0 spiro atoms. The van der Waals surface area contributed by atoms with Gasteiger partial charge in [0, 0.05) is 45.8 Å². The summed E-state index contributed by atoms with van der Waals surface area (Å²) in [5, 5.41) is 0. The van der Waals surface area contributed by atoms with Crippen molar-refractivity contribution >= 4 is 0 Å². The van der Waals surface area contributed by atoms with Crippen LogP contribution >= 0.6 is 0 Å². The Morgan fingerprint density at radius 2 is 1.83 bits per heavy atom. The summed E-state index contributed by atoms with van der Waals surface area (Å²) >= 11 is 0. The molecule has 106 valence electrons. The summed E-state index contributed by atoms with van der Waals surface area (Å²) in [6.45, 7) is 12.6. The topological polar surface area (TPSA) is 19.0 Å². The van der Waals surface area contributed by atoms with E-state index in [1.165, 1.54) is 45.6 Å². The van der Waals surface area contributed by atoms with Crippen LogP contribution in [0.15, 0.2) is 0 Å². The fourth-order valence-electron chi connectivity index (χ4n) is 2.79. The van der Waals surface area contributed by atoms with Crippen molar-refractivity contribution in [3.63, 3.8) is 0 Å². The van der Waals surface area contributed by atoms with E-state index < -0.39 is 0 Å². The van der Waals surface area contributed by atoms with Crippen molar-refractivity contribution in [1.29, 1.82) is 0 Å². The summed E-state index contributed by atoms with van der Waals surface area (Å²) in [5.74, 6) is 0. The molecular weight excluding hydrogens is 226 g/mol. The van der Waals surface area contributed by atoms with E-state index >= 15 is 0 Å². The molecule has 0 amide bonds. The van der Waals surface area contributed by atoms with Crippen LogP contribution in [0.5, 0.6) is 0 Å². The molecule has 4 heteroatoms. The molecule has 0 radical (unpaired) electrons. The van der Waals surface area contributed by atoms with Crippen LogP contribution in [0.4, 0.5) is 0 Å². The SMILES string of the molecule is CCCCN1CCOC(CN2CCN(C)CC2)C1. The Morgan fingerprint density at radius 1 is 1.06 bits per heavy atom. The molecule has 0 aromatic rings. The van der Waals surface area contributed by atoms with Gasteiger partial charge >= 0.3 is 0 Å². The number of nitrogens with zero attached hydrogens (tertiary/aromatic N) is 3. The van der Waals surface area contributed by atoms with E-state index in [1.807, 2.05) is 0 Å². The van der Waals surface area contributed by atoms with Crippen LogP contribution in [0, 0.1) is 0 Å². The van der Waals surface area contributed by atoms with Gasteiger partial charge in [0.15, 0.2) is 0 Å². The minimum absolute atomic E-state index is 0.430. The Bertz CT molecular complexity index is 229. The fraction of sp³-hybridized carbons (Fsp3) is 1.00. The van der Waals surface area contributed by atoms with Gasteiger partial charge in [0.2, 0.25) is 0 Å². The highest BCUT2D eigenvalue weighted by molar-refractivity contribution is 4.77. The lowest BCUT2D eigenvalue weighted by atomic mass is 10.2. The van der Waals surface area contributed by atoms with Gasteiger partial charge in [-0.2, -0.15) is 0 Å². The molecule has 0 bridgehead atoms. The van der Waals surface area contributed by atoms with Gasteiger partial charge in [0.1, 0.15) is 0 Å². The average Bonchev–Trinajstić information content (AvgIpc) is 2.40. The van der Waals surface area contributed by atoms with E-state index in [2.05, 4.69) is 28.7 Å². The molecule has 0 aromatic carbocycles. The van der Waals surface area contributed by atoms with Gasteiger partial charge in [0.25, 0.3) is 0 Å². The van der Waals surface area contributed by atoms with Crippen molar-refractivity contribution in [3.05, 3.63) is 0 Å². The Kier molecular flexibility index (Phi) is 5.89. The van der Waals surface area contributed by atoms with Crippen LogP contribution in [-0.2, 0) is 4.74 Å². The zero-order chi connectivity index (χ0) is 12.8. The molecule has 2 heterocycles. The summed E-state index contributed by atoms with van der Waals surface area (Å²) in [4.78, 5) is 7.55. The maximum absolute atomic E-state index is 5.92. The van der Waals surface area contributed by atoms with Crippen LogP contribution in [0.1, 0.15) is 19.8 Å². The summed E-state index contributed by atoms with van der Waals surface area (Å²) in [7, 11) is 2.21. The number of likely N-dealkylation sites (N-methyl/N-ethyl adjacent to an activating group) is 1. The minimum atomic E-state index is 0.430. The maximum atomic E-state index is 5.92. The molecule has 0 N–H and O–H groups in total. The maximum Gasteiger partial charge on any atom is 0.0829 e. The summed E-state index contributed by atoms with van der Waals surface area (Å²) in [5.41, 5.74) is 0. The number of hydrogen-bond donors (Lipinski definition) is 0. The predicted molar refractivity (Wildman–Crippen MR) is 75.0 cm³/mol. The van der Waals surface area contributed by atoms with Crippen molar-refractivity contribution in [2.75, 3.05) is 66.0 Å². The molecular formula is C14H29N3O. The molecule has 18 heavy (non-hydrogen) atoms. The minimum Gasteiger partial charge on any atom is -0.374 e. The third-order valence-electron chi connectivity index (χ3n) is 4.11. The van der Waals surface area contributed by atoms with Gasteiger partial charge in [-0.15, -0.1) is 0 Å². The van der Waals surface area contributed by atoms with Gasteiger partial charge in [0.05, 0.1) is 12.7 Å². The third kappa shape index (κ3) is 4.50. The average molecular weight is 255 g/mol. The lowest BCUT2D eigenvalue weighted by Crippen LogP contribution is -2.51. The Hall–Kier alpha value is -0.160. The van der Waals surface area contributed by atoms with Crippen molar-refractivity contribution < 1.29 is 4.74 Å². The molecule has 0 saturated carbocycles. The van der Waals surface area contributed by atoms with E-state index in [-0.39, 0.29) is 0 Å². The lowest BCUT2D eigenvalue weighted by Gasteiger charge is -2.38. The highest BCUT2D eigenvalue weighted by Gasteiger charge is 2.23. The highest BCUT2D eigenvalue weighted by atomic mass is 16.5. The molecule has 4 nitrogen and oxygen atoms in total. The zero-order valence-electron chi connectivity index (χ0n) is 12.1. The van der Waals surface area contributed by atoms with Crippen molar-refractivity contribution in [3.8, 4) is 0 Å². The van der Waals surface area contributed by atoms with Crippen LogP contribution in [-0.4, -0.2) is 86.8 Å². The van der Waals surface area contributed by atoms with Crippen LogP contribution in [0.2, 0.25) is 0 Å². The number of unbranched alkanes of at least 4 members (excludes halogenated alkanes) is 1. The Morgan fingerprint density at radius 3 is 2.56 bits per heavy atom. The normalized spacial score (nSPS) is 28.7. The van der Waals surface area contributed by atoms with Gasteiger partial charge < -0.3 is 9.64 Å². The second kappa shape index (κ2) is 7.43. The predicted octanol–water partition coefficient (Wildman–Crippen LogP) is 0.735. The number of rotatable bonds is 5. The first-order valence-corrected chi connectivity index (χ1v) is 7.53. The van der Waals surface area contributed by atoms with E-state index in [0.717, 1.165) is 26.2 Å². The van der Waals surface area contributed by atoms with Crippen LogP contribution < -0.4 is 0 Å². The van der Waals surface area contributed by atoms with Gasteiger partial charge in [-0.05, 0) is 20.0 Å². The van der Waals surface area contributed by atoms with E-state index in [4.69, 9.17) is 4.74 Å². The molecule has 2 rings (SSSR count). The summed E-state index contributed by atoms with van der Waals surface area (Å²) in [6.07, 6.45) is 3.04. The smallest absolute Gasteiger partial charge is 0.0829 e. The Labute approximate surface area is 112 Å². The van der Waals surface area contributed by atoms with Crippen LogP contribution in [0.3, 0.4) is 0 Å². The molecule has 2 saturated heterocycles. The number of piperazine rings is 1. The molecule has 0 aromatic heterocycles. The molecule has 2 aliphatic heterocycles. The number of ether oxygens (including phenoxy) is 1. The largest absolute Gasteiger partial charge is 0.374 e. The van der Waals surface area contributed by atoms with E-state index in [0.29, 0.717) is 6.10 Å². The van der Waals surface area contributed by atoms with E-state index in [9.17, 15) is 0 Å². The second-order valence-electron chi connectivity index (χ2n) is 5.75. The number of hydrogen-bond acceptors (Lipinski definition) is 4. The summed E-state index contributed by atoms with van der Waals surface area (Å²) in [6, 6.07) is 0. The van der Waals surface area contributed by atoms with Gasteiger partial charge in [-0.3, -0.25) is 9.80 Å². The molecule has 0 aliphatic carbocycles. The first kappa shape index (κ1) is 14.3. The fourth-order valence-corrected chi connectivity index (χ4v) is 2.79. The van der Waals surface area contributed by atoms with Crippen LogP contribution in [0.25, 0.3) is 0 Å². The first-order valence-electron chi connectivity index (χ1n) is 7.53. The molecule has 1 unspecified atom stereocenters. The van der Waals surface area contributed by atoms with Gasteiger partial charge in [-0.1, -0.05) is 13.3 Å². The molecule has 2 fully saturated rings. The third-order valence-corrected chi connectivity index (χ3v) is 4.11. The highest BCUT2D eigenvalue weighted by Crippen LogP contribution is 2.09. The second-order valence-corrected chi connectivity index (χ2v) is 5.75. The monoisotopic (exact) mass is 255 g/mol. The quantitative estimate of drug-likeness (QED) is 0.721. The lowest BCUT2D eigenvalue weighted by molar-refractivity contribution is -0.0476. The van der Waals surface area contributed by atoms with Crippen molar-refractivity contribution in [2.45, 2.75) is 25.9 Å². The van der Waals surface area contributed by atoms with Gasteiger partial charge in [-0.25, -0.2) is 0 Å². The molecule has 2 aliphatic rings.